The molecule has 0 spiro atoms. The lowest BCUT2D eigenvalue weighted by molar-refractivity contribution is -0.137. The Hall–Kier alpha value is -2.56. The van der Waals surface area contributed by atoms with Crippen LogP contribution in [-0.4, -0.2) is 66.1 Å². The van der Waals surface area contributed by atoms with E-state index in [0.717, 1.165) is 51.9 Å². The number of carbonyl (C=O) groups is 4. The first-order valence-corrected chi connectivity index (χ1v) is 14.6. The maximum Gasteiger partial charge on any atom is 0.307 e. The third-order valence-corrected chi connectivity index (χ3v) is 5.32. The molecule has 10 nitrogen and oxygen atoms in total. The van der Waals surface area contributed by atoms with Gasteiger partial charge in [-0.15, -0.1) is 0 Å². The maximum absolute atomic E-state index is 11.6. The summed E-state index contributed by atoms with van der Waals surface area (Å²) < 4.78 is 0. The fraction of sp³-hybridized carbons (Fsp3) is 0.733. The predicted molar refractivity (Wildman–Crippen MR) is 163 cm³/mol. The van der Waals surface area contributed by atoms with Crippen LogP contribution in [0.1, 0.15) is 105 Å². The minimum absolute atomic E-state index is 0.0368. The van der Waals surface area contributed by atoms with Crippen LogP contribution in [0.15, 0.2) is 24.3 Å². The number of aliphatic carboxylic acids is 2. The van der Waals surface area contributed by atoms with Crippen LogP contribution < -0.4 is 22.1 Å². The summed E-state index contributed by atoms with van der Waals surface area (Å²) in [4.78, 5) is 42.7. The number of carboxylic acid groups (broad SMARTS) is 2. The first-order chi connectivity index (χ1) is 19.0. The molecule has 0 radical (unpaired) electrons. The van der Waals surface area contributed by atoms with Crippen molar-refractivity contribution in [3.05, 3.63) is 24.3 Å². The van der Waals surface area contributed by atoms with Crippen LogP contribution in [0.4, 0.5) is 0 Å². The molecule has 0 fully saturated rings. The van der Waals surface area contributed by atoms with Crippen molar-refractivity contribution in [1.29, 1.82) is 0 Å². The zero-order valence-corrected chi connectivity index (χ0v) is 25.5. The lowest BCUT2D eigenvalue weighted by Crippen LogP contribution is -2.24. The lowest BCUT2D eigenvalue weighted by Gasteiger charge is -2.07. The molecule has 8 N–H and O–H groups in total. The molecular weight excluding hydrogens is 512 g/mol. The Labute approximate surface area is 242 Å². The van der Waals surface area contributed by atoms with E-state index in [9.17, 15) is 19.2 Å². The van der Waals surface area contributed by atoms with Gasteiger partial charge in [0.2, 0.25) is 5.91 Å². The molecule has 0 heterocycles. The van der Waals surface area contributed by atoms with E-state index in [4.69, 9.17) is 21.7 Å². The molecule has 0 aromatic heterocycles. The topological polar surface area (TPSA) is 185 Å². The van der Waals surface area contributed by atoms with E-state index in [-0.39, 0.29) is 30.4 Å². The second kappa shape index (κ2) is 32.7. The van der Waals surface area contributed by atoms with Gasteiger partial charge in [0, 0.05) is 31.3 Å². The average molecular weight is 571 g/mol. The highest BCUT2D eigenvalue weighted by molar-refractivity contribution is 5.82. The van der Waals surface area contributed by atoms with Gasteiger partial charge < -0.3 is 32.3 Å². The smallest absolute Gasteiger partial charge is 0.307 e. The number of nitrogens with two attached hydrogens (primary N) is 2. The van der Waals surface area contributed by atoms with Gasteiger partial charge in [-0.05, 0) is 45.3 Å². The Kier molecular flexibility index (Phi) is 34.2. The van der Waals surface area contributed by atoms with Crippen LogP contribution in [0.25, 0.3) is 0 Å². The van der Waals surface area contributed by atoms with Gasteiger partial charge in [-0.1, -0.05) is 77.7 Å². The Morgan fingerprint density at radius 1 is 0.625 bits per heavy atom. The summed E-state index contributed by atoms with van der Waals surface area (Å²) in [7, 11) is 0. The summed E-state index contributed by atoms with van der Waals surface area (Å²) in [5.74, 6) is -1.60. The first-order valence-electron chi connectivity index (χ1n) is 14.6. The standard InChI is InChI=1S/C18H34N2O2.C6H16N2.C6H8O4/c1-15(2)17(21)11-7-8-12-18(22)20-14-10-6-5-9-13-19-16(3)4;7-5-3-1-2-4-6-8;7-5(8)3-1-2-4-6(9)10/h7-8,15-16,19H,5-6,9-14H2,1-4H3,(H,20,22);1-8H2;1-2H,3-4H2,(H,7,8)(H,9,10)/b8-7+;;2-1+. The molecule has 0 bridgehead atoms. The van der Waals surface area contributed by atoms with Crippen molar-refractivity contribution in [2.24, 2.45) is 17.4 Å². The van der Waals surface area contributed by atoms with Crippen molar-refractivity contribution in [1.82, 2.24) is 10.6 Å². The van der Waals surface area contributed by atoms with E-state index in [1.807, 2.05) is 13.8 Å². The molecule has 40 heavy (non-hydrogen) atoms. The molecule has 0 rings (SSSR count). The van der Waals surface area contributed by atoms with Gasteiger partial charge in [0.1, 0.15) is 5.78 Å². The van der Waals surface area contributed by atoms with E-state index in [1.165, 1.54) is 37.8 Å². The van der Waals surface area contributed by atoms with Crippen molar-refractivity contribution < 1.29 is 29.4 Å². The number of hydrogen-bond donors (Lipinski definition) is 6. The minimum atomic E-state index is -0.957. The zero-order valence-electron chi connectivity index (χ0n) is 25.5. The van der Waals surface area contributed by atoms with E-state index in [2.05, 4.69) is 24.5 Å². The van der Waals surface area contributed by atoms with Gasteiger partial charge in [0.05, 0.1) is 12.8 Å². The van der Waals surface area contributed by atoms with E-state index < -0.39 is 11.9 Å². The van der Waals surface area contributed by atoms with E-state index in [1.54, 1.807) is 12.2 Å². The van der Waals surface area contributed by atoms with Gasteiger partial charge in [0.25, 0.3) is 0 Å². The molecule has 0 aliphatic rings. The van der Waals surface area contributed by atoms with Crippen molar-refractivity contribution in [2.75, 3.05) is 26.2 Å². The number of hydrogen-bond acceptors (Lipinski definition) is 7. The fourth-order valence-electron chi connectivity index (χ4n) is 2.93. The third kappa shape index (κ3) is 42.5. The molecule has 0 saturated heterocycles. The molecule has 0 atom stereocenters. The number of carboxylic acids is 2. The Morgan fingerprint density at radius 3 is 1.48 bits per heavy atom. The second-order valence-corrected chi connectivity index (χ2v) is 10.0. The van der Waals surface area contributed by atoms with Crippen molar-refractivity contribution in [3.8, 4) is 0 Å². The normalized spacial score (nSPS) is 10.8. The molecule has 0 saturated carbocycles. The summed E-state index contributed by atoms with van der Waals surface area (Å²) in [6.07, 6.45) is 16.1. The molecule has 0 aromatic rings. The maximum atomic E-state index is 11.6. The molecule has 10 heteroatoms. The molecule has 234 valence electrons. The van der Waals surface area contributed by atoms with Crippen molar-refractivity contribution in [2.45, 2.75) is 111 Å². The number of amides is 1. The predicted octanol–water partition coefficient (Wildman–Crippen LogP) is 4.18. The van der Waals surface area contributed by atoms with E-state index >= 15 is 0 Å². The summed E-state index contributed by atoms with van der Waals surface area (Å²) in [6, 6.07) is 0.558. The van der Waals surface area contributed by atoms with Crippen LogP contribution in [-0.2, 0) is 19.2 Å². The number of unbranched alkanes of at least 4 members (excludes halogenated alkanes) is 6. The Bertz CT molecular complexity index is 670. The minimum Gasteiger partial charge on any atom is -0.481 e. The van der Waals surface area contributed by atoms with Gasteiger partial charge in [0.15, 0.2) is 0 Å². The molecule has 0 aromatic carbocycles. The number of Topliss-reactive ketones (excluding diaryl/α,β-unsaturated/α-hetero) is 1. The van der Waals surface area contributed by atoms with Crippen LogP contribution >= 0.6 is 0 Å². The third-order valence-electron chi connectivity index (χ3n) is 5.32. The highest BCUT2D eigenvalue weighted by Gasteiger charge is 2.04. The van der Waals surface area contributed by atoms with E-state index in [0.29, 0.717) is 18.9 Å². The van der Waals surface area contributed by atoms with Crippen molar-refractivity contribution >= 4 is 23.6 Å². The molecule has 0 aliphatic heterocycles. The summed E-state index contributed by atoms with van der Waals surface area (Å²) in [6.45, 7) is 11.6. The summed E-state index contributed by atoms with van der Waals surface area (Å²) in [5.41, 5.74) is 10.6. The highest BCUT2D eigenvalue weighted by Crippen LogP contribution is 2.01. The number of ketones is 1. The van der Waals surface area contributed by atoms with Crippen LogP contribution in [0.2, 0.25) is 0 Å². The number of allylic oxidation sites excluding steroid dienone is 1. The highest BCUT2D eigenvalue weighted by atomic mass is 16.4. The molecular formula is C30H58N4O6. The van der Waals surface area contributed by atoms with Crippen LogP contribution in [0.5, 0.6) is 0 Å². The van der Waals surface area contributed by atoms with Crippen LogP contribution in [0.3, 0.4) is 0 Å². The fourth-order valence-corrected chi connectivity index (χ4v) is 2.93. The second-order valence-electron chi connectivity index (χ2n) is 10.0. The van der Waals surface area contributed by atoms with Crippen molar-refractivity contribution in [3.63, 3.8) is 0 Å². The number of rotatable bonds is 22. The SMILES string of the molecule is CC(C)NCCCCCCNC(=O)C/C=C/CC(=O)C(C)C.NCCCCCCN.O=C(O)C/C=C/CC(=O)O. The quantitative estimate of drug-likeness (QED) is 0.0820. The largest absolute Gasteiger partial charge is 0.481 e. The summed E-state index contributed by atoms with van der Waals surface area (Å²) >= 11 is 0. The van der Waals surface area contributed by atoms with Gasteiger partial charge in [-0.25, -0.2) is 0 Å². The lowest BCUT2D eigenvalue weighted by atomic mass is 10.1. The number of carbonyl (C=O) groups excluding carboxylic acids is 2. The first kappa shape index (κ1) is 41.9. The van der Waals surface area contributed by atoms with Gasteiger partial charge >= 0.3 is 11.9 Å². The summed E-state index contributed by atoms with van der Waals surface area (Å²) in [5, 5.41) is 22.5. The Balaban J connectivity index is -0.000000624. The molecule has 1 amide bonds. The molecule has 0 aliphatic carbocycles. The monoisotopic (exact) mass is 570 g/mol. The number of nitrogens with one attached hydrogen (secondary N) is 2. The Morgan fingerprint density at radius 2 is 1.05 bits per heavy atom. The zero-order chi connectivity index (χ0) is 31.0. The average Bonchev–Trinajstić information content (AvgIpc) is 2.89. The van der Waals surface area contributed by atoms with Gasteiger partial charge in [-0.3, -0.25) is 19.2 Å². The van der Waals surface area contributed by atoms with Gasteiger partial charge in [-0.2, -0.15) is 0 Å². The van der Waals surface area contributed by atoms with Crippen LogP contribution in [0, 0.1) is 5.92 Å². The molecule has 0 unspecified atom stereocenters.